The Bertz CT molecular complexity index is 1150. The molecule has 3 aromatic rings. The molecule has 1 fully saturated rings. The first-order valence-electron chi connectivity index (χ1n) is 9.01. The van der Waals surface area contributed by atoms with Crippen LogP contribution in [0, 0.1) is 0 Å². The van der Waals surface area contributed by atoms with Gasteiger partial charge in [-0.05, 0) is 59.8 Å². The molecule has 1 saturated heterocycles. The normalized spacial score (nSPS) is 15.1. The lowest BCUT2D eigenvalue weighted by atomic mass is 10.2. The molecule has 4 nitrogen and oxygen atoms in total. The minimum Gasteiger partial charge on any atom is -0.489 e. The summed E-state index contributed by atoms with van der Waals surface area (Å²) in [6.45, 7) is 0.282. The maximum absolute atomic E-state index is 12.7. The zero-order valence-electron chi connectivity index (χ0n) is 15.5. The Labute approximate surface area is 188 Å². The number of ether oxygens (including phenoxy) is 1. The van der Waals surface area contributed by atoms with Crippen LogP contribution in [0.5, 0.6) is 5.75 Å². The van der Waals surface area contributed by atoms with Gasteiger partial charge in [-0.3, -0.25) is 9.59 Å². The van der Waals surface area contributed by atoms with E-state index < -0.39 is 0 Å². The molecule has 1 aliphatic rings. The highest BCUT2D eigenvalue weighted by Crippen LogP contribution is 2.36. The number of carbonyl (C=O) groups excluding carboxylic acids is 2. The molecular weight excluding hydrogens is 441 g/mol. The molecule has 150 valence electrons. The molecule has 0 saturated carbocycles. The monoisotopic (exact) mass is 455 g/mol. The van der Waals surface area contributed by atoms with Gasteiger partial charge in [0.1, 0.15) is 12.4 Å². The molecular formula is C23H15Cl2NO3S. The van der Waals surface area contributed by atoms with Crippen LogP contribution in [0.2, 0.25) is 10.0 Å². The van der Waals surface area contributed by atoms with Gasteiger partial charge in [-0.1, -0.05) is 59.6 Å². The van der Waals surface area contributed by atoms with Gasteiger partial charge in [-0.25, -0.2) is 4.90 Å². The topological polar surface area (TPSA) is 46.6 Å². The van der Waals surface area contributed by atoms with Crippen molar-refractivity contribution in [2.75, 3.05) is 4.90 Å². The summed E-state index contributed by atoms with van der Waals surface area (Å²) in [6, 6.07) is 21.4. The van der Waals surface area contributed by atoms with Crippen molar-refractivity contribution in [3.8, 4) is 5.75 Å². The number of imide groups is 1. The Hall–Kier alpha value is -2.73. The SMILES string of the molecule is O=C1S/C(=C\c2cccc(OCc3ccc(Cl)cc3Cl)c2)C(=O)N1c1ccccc1. The molecule has 3 aromatic carbocycles. The fourth-order valence-electron chi connectivity index (χ4n) is 2.91. The number of anilines is 1. The molecule has 0 N–H and O–H groups in total. The van der Waals surface area contributed by atoms with E-state index in [4.69, 9.17) is 27.9 Å². The largest absolute Gasteiger partial charge is 0.489 e. The molecule has 0 atom stereocenters. The second kappa shape index (κ2) is 8.96. The van der Waals surface area contributed by atoms with Crippen molar-refractivity contribution in [2.24, 2.45) is 0 Å². The molecule has 0 aromatic heterocycles. The van der Waals surface area contributed by atoms with Gasteiger partial charge in [0.25, 0.3) is 11.1 Å². The van der Waals surface area contributed by atoms with Crippen molar-refractivity contribution < 1.29 is 14.3 Å². The predicted molar refractivity (Wildman–Crippen MR) is 122 cm³/mol. The summed E-state index contributed by atoms with van der Waals surface area (Å²) in [5.41, 5.74) is 2.13. The summed E-state index contributed by atoms with van der Waals surface area (Å²) in [7, 11) is 0. The third-order valence-corrected chi connectivity index (χ3v) is 5.83. The molecule has 0 spiro atoms. The van der Waals surface area contributed by atoms with E-state index in [2.05, 4.69) is 0 Å². The number of hydrogen-bond acceptors (Lipinski definition) is 4. The highest BCUT2D eigenvalue weighted by molar-refractivity contribution is 8.19. The number of nitrogens with zero attached hydrogens (tertiary/aromatic N) is 1. The van der Waals surface area contributed by atoms with Crippen molar-refractivity contribution in [1.82, 2.24) is 0 Å². The van der Waals surface area contributed by atoms with Gasteiger partial charge >= 0.3 is 0 Å². The predicted octanol–water partition coefficient (Wildman–Crippen LogP) is 6.81. The number of rotatable bonds is 5. The van der Waals surface area contributed by atoms with Crippen molar-refractivity contribution in [3.05, 3.63) is 98.9 Å². The number of thioether (sulfide) groups is 1. The molecule has 30 heavy (non-hydrogen) atoms. The Balaban J connectivity index is 1.50. The minimum absolute atomic E-state index is 0.282. The van der Waals surface area contributed by atoms with E-state index >= 15 is 0 Å². The standard InChI is InChI=1S/C23H15Cl2NO3S/c24-17-10-9-16(20(25)13-17)14-29-19-8-4-5-15(11-19)12-21-22(27)26(23(28)30-21)18-6-2-1-3-7-18/h1-13H,14H2/b21-12-. The van der Waals surface area contributed by atoms with Crippen LogP contribution >= 0.6 is 35.0 Å². The quantitative estimate of drug-likeness (QED) is 0.396. The van der Waals surface area contributed by atoms with Crippen LogP contribution in [0.1, 0.15) is 11.1 Å². The molecule has 1 aliphatic heterocycles. The third-order valence-electron chi connectivity index (χ3n) is 4.37. The smallest absolute Gasteiger partial charge is 0.298 e. The number of para-hydroxylation sites is 1. The lowest BCUT2D eigenvalue weighted by Gasteiger charge is -2.11. The number of hydrogen-bond donors (Lipinski definition) is 0. The Morgan fingerprint density at radius 2 is 1.73 bits per heavy atom. The van der Waals surface area contributed by atoms with E-state index in [-0.39, 0.29) is 17.8 Å². The summed E-state index contributed by atoms with van der Waals surface area (Å²) in [6.07, 6.45) is 1.69. The van der Waals surface area contributed by atoms with E-state index in [9.17, 15) is 9.59 Å². The first kappa shape index (κ1) is 20.5. The second-order valence-corrected chi connectivity index (χ2v) is 8.29. The molecule has 7 heteroatoms. The average molecular weight is 456 g/mol. The number of halogens is 2. The summed E-state index contributed by atoms with van der Waals surface area (Å²) in [5, 5.41) is 0.783. The van der Waals surface area contributed by atoms with Crippen LogP contribution in [0.15, 0.2) is 77.7 Å². The van der Waals surface area contributed by atoms with Gasteiger partial charge in [0.2, 0.25) is 0 Å². The zero-order valence-corrected chi connectivity index (χ0v) is 17.9. The van der Waals surface area contributed by atoms with Gasteiger partial charge in [-0.15, -0.1) is 0 Å². The average Bonchev–Trinajstić information content (AvgIpc) is 3.01. The molecule has 0 radical (unpaired) electrons. The van der Waals surface area contributed by atoms with Gasteiger partial charge < -0.3 is 4.74 Å². The highest BCUT2D eigenvalue weighted by atomic mass is 35.5. The molecule has 4 rings (SSSR count). The lowest BCUT2D eigenvalue weighted by Crippen LogP contribution is -2.27. The van der Waals surface area contributed by atoms with E-state index in [0.717, 1.165) is 22.9 Å². The molecule has 1 heterocycles. The summed E-state index contributed by atoms with van der Waals surface area (Å²) in [5.74, 6) is 0.285. The summed E-state index contributed by atoms with van der Waals surface area (Å²) < 4.78 is 5.83. The van der Waals surface area contributed by atoms with Crippen LogP contribution in [0.4, 0.5) is 10.5 Å². The van der Waals surface area contributed by atoms with Crippen molar-refractivity contribution >= 4 is 57.9 Å². The number of carbonyl (C=O) groups is 2. The highest BCUT2D eigenvalue weighted by Gasteiger charge is 2.36. The van der Waals surface area contributed by atoms with Gasteiger partial charge in [-0.2, -0.15) is 0 Å². The van der Waals surface area contributed by atoms with E-state index in [1.54, 1.807) is 48.5 Å². The molecule has 0 bridgehead atoms. The maximum Gasteiger partial charge on any atom is 0.298 e. The zero-order chi connectivity index (χ0) is 21.1. The van der Waals surface area contributed by atoms with Crippen LogP contribution in [-0.2, 0) is 11.4 Å². The minimum atomic E-state index is -0.338. The Kier molecular flexibility index (Phi) is 6.13. The third kappa shape index (κ3) is 4.54. The second-order valence-electron chi connectivity index (χ2n) is 6.45. The first-order chi connectivity index (χ1) is 14.5. The summed E-state index contributed by atoms with van der Waals surface area (Å²) >= 11 is 13.0. The van der Waals surface area contributed by atoms with Crippen LogP contribution in [-0.4, -0.2) is 11.1 Å². The van der Waals surface area contributed by atoms with E-state index in [1.807, 2.05) is 30.3 Å². The molecule has 2 amide bonds. The van der Waals surface area contributed by atoms with Crippen molar-refractivity contribution in [1.29, 1.82) is 0 Å². The fourth-order valence-corrected chi connectivity index (χ4v) is 4.22. The molecule has 0 unspecified atom stereocenters. The van der Waals surface area contributed by atoms with Crippen LogP contribution in [0.3, 0.4) is 0 Å². The first-order valence-corrected chi connectivity index (χ1v) is 10.6. The Morgan fingerprint density at radius 1 is 0.933 bits per heavy atom. The van der Waals surface area contributed by atoms with Crippen LogP contribution < -0.4 is 9.64 Å². The fraction of sp³-hybridized carbons (Fsp3) is 0.0435. The van der Waals surface area contributed by atoms with Gasteiger partial charge in [0.05, 0.1) is 10.6 Å². The number of amides is 2. The van der Waals surface area contributed by atoms with Crippen molar-refractivity contribution in [2.45, 2.75) is 6.61 Å². The maximum atomic E-state index is 12.7. The van der Waals surface area contributed by atoms with Crippen LogP contribution in [0.25, 0.3) is 6.08 Å². The lowest BCUT2D eigenvalue weighted by molar-refractivity contribution is -0.113. The van der Waals surface area contributed by atoms with E-state index in [1.165, 1.54) is 4.90 Å². The number of benzene rings is 3. The molecule has 0 aliphatic carbocycles. The van der Waals surface area contributed by atoms with Crippen molar-refractivity contribution in [3.63, 3.8) is 0 Å². The Morgan fingerprint density at radius 3 is 2.50 bits per heavy atom. The van der Waals surface area contributed by atoms with Gasteiger partial charge in [0, 0.05) is 15.6 Å². The van der Waals surface area contributed by atoms with E-state index in [0.29, 0.717) is 26.4 Å². The summed E-state index contributed by atoms with van der Waals surface area (Å²) in [4.78, 5) is 26.6. The van der Waals surface area contributed by atoms with Gasteiger partial charge in [0.15, 0.2) is 0 Å².